The molecule has 7 heteroatoms. The van der Waals surface area contributed by atoms with Crippen LogP contribution in [0.1, 0.15) is 29.7 Å². The van der Waals surface area contributed by atoms with Crippen LogP contribution in [-0.4, -0.2) is 48.1 Å². The van der Waals surface area contributed by atoms with E-state index in [0.717, 1.165) is 55.7 Å². The third-order valence-corrected chi connectivity index (χ3v) is 6.22. The number of hydrogen-bond acceptors (Lipinski definition) is 5. The van der Waals surface area contributed by atoms with Crippen molar-refractivity contribution < 1.29 is 9.18 Å². The van der Waals surface area contributed by atoms with Gasteiger partial charge in [0.05, 0.1) is 12.1 Å². The molecular formula is C27H32FN5O. The molecule has 2 aromatic carbocycles. The Morgan fingerprint density at radius 3 is 2.56 bits per heavy atom. The van der Waals surface area contributed by atoms with Gasteiger partial charge in [0.25, 0.3) is 0 Å². The third kappa shape index (κ3) is 7.35. The average Bonchev–Trinajstić information content (AvgIpc) is 2.86. The van der Waals surface area contributed by atoms with Gasteiger partial charge in [-0.05, 0) is 54.7 Å². The van der Waals surface area contributed by atoms with Crippen LogP contribution < -0.4 is 15.5 Å². The molecule has 2 heterocycles. The first kappa shape index (κ1) is 23.8. The predicted molar refractivity (Wildman–Crippen MR) is 132 cm³/mol. The van der Waals surface area contributed by atoms with Crippen LogP contribution in [0.25, 0.3) is 0 Å². The minimum absolute atomic E-state index is 0.0162. The van der Waals surface area contributed by atoms with Crippen molar-refractivity contribution in [2.75, 3.05) is 31.1 Å². The molecule has 1 saturated heterocycles. The molecule has 0 radical (unpaired) electrons. The van der Waals surface area contributed by atoms with Gasteiger partial charge in [0, 0.05) is 62.9 Å². The predicted octanol–water partition coefficient (Wildman–Crippen LogP) is 3.32. The maximum Gasteiger partial charge on any atom is 0.224 e. The third-order valence-electron chi connectivity index (χ3n) is 6.22. The summed E-state index contributed by atoms with van der Waals surface area (Å²) in [5, 5.41) is 6.57. The van der Waals surface area contributed by atoms with E-state index in [1.165, 1.54) is 17.8 Å². The Balaban J connectivity index is 1.15. The lowest BCUT2D eigenvalue weighted by Crippen LogP contribution is -2.43. The molecular weight excluding hydrogens is 429 g/mol. The number of nitrogens with zero attached hydrogens (tertiary/aromatic N) is 3. The quantitative estimate of drug-likeness (QED) is 0.485. The van der Waals surface area contributed by atoms with Crippen molar-refractivity contribution in [2.45, 2.75) is 38.1 Å². The lowest BCUT2D eigenvalue weighted by atomic mass is 10.0. The van der Waals surface area contributed by atoms with Crippen LogP contribution in [0.3, 0.4) is 0 Å². The van der Waals surface area contributed by atoms with E-state index in [2.05, 4.69) is 37.6 Å². The standard InChI is InChI=1S/C27H32FN5O/c28-23-3-1-2-21(18-23)8-12-32-27(34)19-22-4-6-26(7-5-22)33-16-10-24(11-17-33)30-13-9-25-20-29-14-15-31-25/h1-7,14-15,18,20,24,30H,8-13,16-17,19H2,(H,32,34). The summed E-state index contributed by atoms with van der Waals surface area (Å²) in [6.45, 7) is 3.45. The van der Waals surface area contributed by atoms with Gasteiger partial charge in [-0.3, -0.25) is 14.8 Å². The molecule has 4 rings (SSSR count). The van der Waals surface area contributed by atoms with Crippen molar-refractivity contribution in [3.05, 3.63) is 89.8 Å². The smallest absolute Gasteiger partial charge is 0.224 e. The second-order valence-electron chi connectivity index (χ2n) is 8.74. The van der Waals surface area contributed by atoms with Crippen LogP contribution in [0.15, 0.2) is 67.1 Å². The fourth-order valence-electron chi connectivity index (χ4n) is 4.32. The second kappa shape index (κ2) is 12.2. The van der Waals surface area contributed by atoms with Crippen LogP contribution in [0, 0.1) is 5.82 Å². The number of rotatable bonds is 10. The Morgan fingerprint density at radius 1 is 1.00 bits per heavy atom. The van der Waals surface area contributed by atoms with Gasteiger partial charge in [0.1, 0.15) is 5.82 Å². The van der Waals surface area contributed by atoms with E-state index in [-0.39, 0.29) is 11.7 Å². The number of nitrogens with one attached hydrogen (secondary N) is 2. The van der Waals surface area contributed by atoms with E-state index < -0.39 is 0 Å². The minimum atomic E-state index is -0.247. The highest BCUT2D eigenvalue weighted by Crippen LogP contribution is 2.21. The van der Waals surface area contributed by atoms with Crippen LogP contribution >= 0.6 is 0 Å². The van der Waals surface area contributed by atoms with E-state index in [1.54, 1.807) is 18.5 Å². The van der Waals surface area contributed by atoms with E-state index in [1.807, 2.05) is 24.4 Å². The van der Waals surface area contributed by atoms with Crippen molar-refractivity contribution in [1.82, 2.24) is 20.6 Å². The molecule has 0 aliphatic carbocycles. The SMILES string of the molecule is O=C(Cc1ccc(N2CCC(NCCc3cnccn3)CC2)cc1)NCCc1cccc(F)c1. The van der Waals surface area contributed by atoms with Crippen LogP contribution in [0.5, 0.6) is 0 Å². The van der Waals surface area contributed by atoms with E-state index >= 15 is 0 Å². The molecule has 1 aromatic heterocycles. The van der Waals surface area contributed by atoms with Crippen molar-refractivity contribution in [3.63, 3.8) is 0 Å². The van der Waals surface area contributed by atoms with Gasteiger partial charge >= 0.3 is 0 Å². The van der Waals surface area contributed by atoms with Crippen molar-refractivity contribution in [1.29, 1.82) is 0 Å². The van der Waals surface area contributed by atoms with Gasteiger partial charge in [-0.1, -0.05) is 24.3 Å². The molecule has 3 aromatic rings. The van der Waals surface area contributed by atoms with Gasteiger partial charge in [-0.2, -0.15) is 0 Å². The second-order valence-corrected chi connectivity index (χ2v) is 8.74. The van der Waals surface area contributed by atoms with E-state index in [0.29, 0.717) is 25.4 Å². The van der Waals surface area contributed by atoms with Crippen LogP contribution in [0.4, 0.5) is 10.1 Å². The molecule has 34 heavy (non-hydrogen) atoms. The summed E-state index contributed by atoms with van der Waals surface area (Å²) in [6, 6.07) is 15.3. The largest absolute Gasteiger partial charge is 0.371 e. The number of amides is 1. The molecule has 0 spiro atoms. The van der Waals surface area contributed by atoms with Gasteiger partial charge < -0.3 is 15.5 Å². The van der Waals surface area contributed by atoms with Crippen LogP contribution in [0.2, 0.25) is 0 Å². The molecule has 1 fully saturated rings. The molecule has 2 N–H and O–H groups in total. The summed E-state index contributed by atoms with van der Waals surface area (Å²) in [4.78, 5) is 23.1. The number of benzene rings is 2. The first-order chi connectivity index (χ1) is 16.7. The zero-order valence-electron chi connectivity index (χ0n) is 19.4. The zero-order chi connectivity index (χ0) is 23.6. The fraction of sp³-hybridized carbons (Fsp3) is 0.370. The average molecular weight is 462 g/mol. The number of hydrogen-bond donors (Lipinski definition) is 2. The lowest BCUT2D eigenvalue weighted by molar-refractivity contribution is -0.120. The molecule has 6 nitrogen and oxygen atoms in total. The monoisotopic (exact) mass is 461 g/mol. The maximum absolute atomic E-state index is 13.2. The number of aromatic nitrogens is 2. The molecule has 178 valence electrons. The normalized spacial score (nSPS) is 14.2. The molecule has 0 bridgehead atoms. The molecule has 0 saturated carbocycles. The highest BCUT2D eigenvalue weighted by Gasteiger charge is 2.19. The summed E-state index contributed by atoms with van der Waals surface area (Å²) in [5.74, 6) is -0.264. The highest BCUT2D eigenvalue weighted by atomic mass is 19.1. The zero-order valence-corrected chi connectivity index (χ0v) is 19.4. The van der Waals surface area contributed by atoms with Crippen molar-refractivity contribution in [2.24, 2.45) is 0 Å². The Labute approximate surface area is 200 Å². The Morgan fingerprint density at radius 2 is 1.82 bits per heavy atom. The van der Waals surface area contributed by atoms with Crippen LogP contribution in [-0.2, 0) is 24.1 Å². The van der Waals surface area contributed by atoms with Gasteiger partial charge in [0.2, 0.25) is 5.91 Å². The van der Waals surface area contributed by atoms with E-state index in [4.69, 9.17) is 0 Å². The molecule has 0 unspecified atom stereocenters. The summed E-state index contributed by atoms with van der Waals surface area (Å²) in [5.41, 5.74) is 4.10. The molecule has 1 aliphatic rings. The summed E-state index contributed by atoms with van der Waals surface area (Å²) < 4.78 is 13.2. The number of piperidine rings is 1. The lowest BCUT2D eigenvalue weighted by Gasteiger charge is -2.34. The summed E-state index contributed by atoms with van der Waals surface area (Å²) >= 11 is 0. The minimum Gasteiger partial charge on any atom is -0.371 e. The van der Waals surface area contributed by atoms with Gasteiger partial charge in [-0.15, -0.1) is 0 Å². The van der Waals surface area contributed by atoms with E-state index in [9.17, 15) is 9.18 Å². The van der Waals surface area contributed by atoms with Crippen molar-refractivity contribution in [3.8, 4) is 0 Å². The first-order valence-corrected chi connectivity index (χ1v) is 12.0. The van der Waals surface area contributed by atoms with Gasteiger partial charge in [0.15, 0.2) is 0 Å². The van der Waals surface area contributed by atoms with Gasteiger partial charge in [-0.25, -0.2) is 4.39 Å². The molecule has 0 atom stereocenters. The Kier molecular flexibility index (Phi) is 8.57. The number of carbonyl (C=O) groups is 1. The fourth-order valence-corrected chi connectivity index (χ4v) is 4.32. The number of carbonyl (C=O) groups excluding carboxylic acids is 1. The number of anilines is 1. The molecule has 1 amide bonds. The summed E-state index contributed by atoms with van der Waals surface area (Å²) in [6.07, 6.45) is 9.34. The number of halogens is 1. The Hall–Kier alpha value is -3.32. The molecule has 1 aliphatic heterocycles. The topological polar surface area (TPSA) is 70.2 Å². The first-order valence-electron chi connectivity index (χ1n) is 12.0. The maximum atomic E-state index is 13.2. The Bertz CT molecular complexity index is 1040. The highest BCUT2D eigenvalue weighted by molar-refractivity contribution is 5.78. The van der Waals surface area contributed by atoms with Crippen molar-refractivity contribution >= 4 is 11.6 Å². The summed E-state index contributed by atoms with van der Waals surface area (Å²) in [7, 11) is 0.